The van der Waals surface area contributed by atoms with Crippen LogP contribution >= 0.6 is 11.8 Å². The summed E-state index contributed by atoms with van der Waals surface area (Å²) >= 11 is 1.60. The number of aliphatic hydroxyl groups is 1. The van der Waals surface area contributed by atoms with Gasteiger partial charge in [-0.05, 0) is 30.7 Å². The van der Waals surface area contributed by atoms with Gasteiger partial charge in [-0.25, -0.2) is 0 Å². The normalized spacial score (nSPS) is 12.0. The van der Waals surface area contributed by atoms with Crippen molar-refractivity contribution >= 4 is 17.5 Å². The average molecular weight is 330 g/mol. The maximum atomic E-state index is 12.6. The lowest BCUT2D eigenvalue weighted by atomic mass is 10.0. The zero-order valence-corrected chi connectivity index (χ0v) is 14.3. The highest BCUT2D eigenvalue weighted by molar-refractivity contribution is 7.99. The molecule has 0 aromatic heterocycles. The van der Waals surface area contributed by atoms with Crippen molar-refractivity contribution in [2.45, 2.75) is 18.6 Å². The zero-order chi connectivity index (χ0) is 16.7. The Kier molecular flexibility index (Phi) is 6.68. The first-order chi connectivity index (χ1) is 11.1. The fourth-order valence-corrected chi connectivity index (χ4v) is 3.40. The second kappa shape index (κ2) is 8.75. The first-order valence-corrected chi connectivity index (χ1v) is 8.65. The first-order valence-electron chi connectivity index (χ1n) is 7.60. The van der Waals surface area contributed by atoms with Crippen LogP contribution in [0.3, 0.4) is 0 Å². The summed E-state index contributed by atoms with van der Waals surface area (Å²) in [6.45, 7) is 2.09. The number of methoxy groups -OCH3 is 1. The van der Waals surface area contributed by atoms with Gasteiger partial charge in [-0.15, -0.1) is 0 Å². The molecule has 0 fully saturated rings. The Morgan fingerprint density at radius 2 is 1.96 bits per heavy atom. The van der Waals surface area contributed by atoms with Crippen molar-refractivity contribution in [1.82, 2.24) is 0 Å². The Bertz CT molecular complexity index is 637. The summed E-state index contributed by atoms with van der Waals surface area (Å²) in [5, 5.41) is 9.13. The van der Waals surface area contributed by atoms with Crippen LogP contribution in [0.5, 0.6) is 5.75 Å². The highest BCUT2D eigenvalue weighted by Crippen LogP contribution is 2.34. The van der Waals surface area contributed by atoms with Crippen LogP contribution in [0.15, 0.2) is 48.5 Å². The van der Waals surface area contributed by atoms with E-state index in [9.17, 15) is 4.79 Å². The van der Waals surface area contributed by atoms with E-state index in [1.165, 1.54) is 0 Å². The highest BCUT2D eigenvalue weighted by atomic mass is 32.2. The monoisotopic (exact) mass is 330 g/mol. The Balaban J connectivity index is 2.15. The fourth-order valence-electron chi connectivity index (χ4n) is 2.39. The third kappa shape index (κ3) is 5.12. The van der Waals surface area contributed by atoms with Gasteiger partial charge in [-0.3, -0.25) is 4.79 Å². The molecule has 0 heterocycles. The van der Waals surface area contributed by atoms with Gasteiger partial charge in [0.2, 0.25) is 0 Å². The van der Waals surface area contributed by atoms with E-state index in [4.69, 9.17) is 9.84 Å². The summed E-state index contributed by atoms with van der Waals surface area (Å²) in [5.41, 5.74) is 2.90. The standard InChI is InChI=1S/C19H22O3S/c1-14-4-3-5-16(12-14)18(21)13-19(23-11-10-20)15-6-8-17(22-2)9-7-15/h3-9,12,19-20H,10-11,13H2,1-2H3. The van der Waals surface area contributed by atoms with Gasteiger partial charge in [-0.2, -0.15) is 11.8 Å². The molecule has 4 heteroatoms. The molecule has 2 aromatic rings. The molecule has 0 radical (unpaired) electrons. The number of carbonyl (C=O) groups is 1. The zero-order valence-electron chi connectivity index (χ0n) is 13.5. The molecule has 0 saturated heterocycles. The van der Waals surface area contributed by atoms with Gasteiger partial charge in [-0.1, -0.05) is 35.9 Å². The molecule has 1 unspecified atom stereocenters. The lowest BCUT2D eigenvalue weighted by molar-refractivity contribution is 0.0982. The van der Waals surface area contributed by atoms with E-state index < -0.39 is 0 Å². The van der Waals surface area contributed by atoms with Crippen molar-refractivity contribution in [2.24, 2.45) is 0 Å². The Hall–Kier alpha value is -1.78. The Labute approximate surface area is 141 Å². The molecule has 0 amide bonds. The number of ether oxygens (including phenoxy) is 1. The number of thioether (sulfide) groups is 1. The number of carbonyl (C=O) groups excluding carboxylic acids is 1. The predicted octanol–water partition coefficient (Wildman–Crippen LogP) is 4.04. The summed E-state index contributed by atoms with van der Waals surface area (Å²) in [4.78, 5) is 12.6. The summed E-state index contributed by atoms with van der Waals surface area (Å²) in [5.74, 6) is 1.53. The molecule has 1 atom stereocenters. The molecule has 3 nitrogen and oxygen atoms in total. The number of rotatable bonds is 8. The van der Waals surface area contributed by atoms with Crippen LogP contribution in [0.4, 0.5) is 0 Å². The van der Waals surface area contributed by atoms with Gasteiger partial charge in [0.25, 0.3) is 0 Å². The van der Waals surface area contributed by atoms with Crippen molar-refractivity contribution in [1.29, 1.82) is 0 Å². The van der Waals surface area contributed by atoms with Gasteiger partial charge in [0.1, 0.15) is 5.75 Å². The number of benzene rings is 2. The van der Waals surface area contributed by atoms with E-state index >= 15 is 0 Å². The third-order valence-electron chi connectivity index (χ3n) is 3.61. The molecule has 122 valence electrons. The molecule has 0 aliphatic heterocycles. The summed E-state index contributed by atoms with van der Waals surface area (Å²) in [6, 6.07) is 15.4. The molecule has 0 bridgehead atoms. The van der Waals surface area contributed by atoms with Gasteiger partial charge in [0.15, 0.2) is 5.78 Å². The van der Waals surface area contributed by atoms with Crippen LogP contribution in [0.1, 0.15) is 33.2 Å². The number of hydrogen-bond donors (Lipinski definition) is 1. The van der Waals surface area contributed by atoms with E-state index in [1.807, 2.05) is 55.5 Å². The van der Waals surface area contributed by atoms with Crippen LogP contribution in [0, 0.1) is 6.92 Å². The Morgan fingerprint density at radius 3 is 2.57 bits per heavy atom. The molecule has 0 saturated carbocycles. The largest absolute Gasteiger partial charge is 0.497 e. The van der Waals surface area contributed by atoms with Crippen LogP contribution in [-0.2, 0) is 0 Å². The number of hydrogen-bond acceptors (Lipinski definition) is 4. The fraction of sp³-hybridized carbons (Fsp3) is 0.316. The van der Waals surface area contributed by atoms with Crippen LogP contribution < -0.4 is 4.74 Å². The molecule has 23 heavy (non-hydrogen) atoms. The van der Waals surface area contributed by atoms with Crippen molar-refractivity contribution in [3.63, 3.8) is 0 Å². The number of ketones is 1. The lowest BCUT2D eigenvalue weighted by Crippen LogP contribution is -2.07. The molecule has 1 N–H and O–H groups in total. The predicted molar refractivity (Wildman–Crippen MR) is 95.4 cm³/mol. The summed E-state index contributed by atoms with van der Waals surface area (Å²) in [6.07, 6.45) is 0.417. The molecule has 2 rings (SSSR count). The molecular weight excluding hydrogens is 308 g/mol. The van der Waals surface area contributed by atoms with Gasteiger partial charge < -0.3 is 9.84 Å². The van der Waals surface area contributed by atoms with E-state index in [2.05, 4.69) is 0 Å². The number of Topliss-reactive ketones (excluding diaryl/α,β-unsaturated/α-hetero) is 1. The second-order valence-corrected chi connectivity index (χ2v) is 6.66. The van der Waals surface area contributed by atoms with Crippen molar-refractivity contribution < 1.29 is 14.6 Å². The van der Waals surface area contributed by atoms with Gasteiger partial charge in [0, 0.05) is 23.0 Å². The quantitative estimate of drug-likeness (QED) is 0.742. The first kappa shape index (κ1) is 17.6. The Morgan fingerprint density at radius 1 is 1.22 bits per heavy atom. The number of aryl methyl sites for hydroxylation is 1. The second-order valence-electron chi connectivity index (χ2n) is 5.35. The maximum Gasteiger partial charge on any atom is 0.164 e. The van der Waals surface area contributed by atoms with E-state index in [-0.39, 0.29) is 17.6 Å². The smallest absolute Gasteiger partial charge is 0.164 e. The third-order valence-corrected chi connectivity index (χ3v) is 4.87. The summed E-state index contributed by atoms with van der Waals surface area (Å²) in [7, 11) is 1.63. The highest BCUT2D eigenvalue weighted by Gasteiger charge is 2.18. The minimum Gasteiger partial charge on any atom is -0.497 e. The van der Waals surface area contributed by atoms with Crippen LogP contribution in [0.25, 0.3) is 0 Å². The van der Waals surface area contributed by atoms with Crippen LogP contribution in [0.2, 0.25) is 0 Å². The van der Waals surface area contributed by atoms with Crippen molar-refractivity contribution in [3.8, 4) is 5.75 Å². The molecule has 2 aromatic carbocycles. The topological polar surface area (TPSA) is 46.5 Å². The van der Waals surface area contributed by atoms with Crippen molar-refractivity contribution in [2.75, 3.05) is 19.5 Å². The maximum absolute atomic E-state index is 12.6. The molecular formula is C19H22O3S. The lowest BCUT2D eigenvalue weighted by Gasteiger charge is -2.16. The minimum absolute atomic E-state index is 0.0288. The molecule has 0 spiro atoms. The van der Waals surface area contributed by atoms with Crippen LogP contribution in [-0.4, -0.2) is 30.4 Å². The summed E-state index contributed by atoms with van der Waals surface area (Å²) < 4.78 is 5.18. The SMILES string of the molecule is COc1ccc(C(CC(=O)c2cccc(C)c2)SCCO)cc1. The van der Waals surface area contributed by atoms with E-state index in [0.717, 1.165) is 22.4 Å². The molecule has 0 aliphatic carbocycles. The van der Waals surface area contributed by atoms with E-state index in [1.54, 1.807) is 18.9 Å². The minimum atomic E-state index is 0.0288. The van der Waals surface area contributed by atoms with Gasteiger partial charge >= 0.3 is 0 Å². The number of aliphatic hydroxyl groups excluding tert-OH is 1. The molecule has 0 aliphatic rings. The average Bonchev–Trinajstić information content (AvgIpc) is 2.58. The van der Waals surface area contributed by atoms with Gasteiger partial charge in [0.05, 0.1) is 13.7 Å². The van der Waals surface area contributed by atoms with Crippen molar-refractivity contribution in [3.05, 3.63) is 65.2 Å². The van der Waals surface area contributed by atoms with E-state index in [0.29, 0.717) is 12.2 Å².